The van der Waals surface area contributed by atoms with E-state index in [1.807, 2.05) is 6.92 Å². The number of ether oxygens (including phenoxy) is 2. The van der Waals surface area contributed by atoms with Gasteiger partial charge in [-0.2, -0.15) is 8.42 Å². The third-order valence-corrected chi connectivity index (χ3v) is 4.94. The Balaban J connectivity index is 2.43. The Labute approximate surface area is 146 Å². The Bertz CT molecular complexity index is 569. The smallest absolute Gasteiger partial charge is 0.300 e. The lowest BCUT2D eigenvalue weighted by Crippen LogP contribution is -2.12. The Hall–Kier alpha value is -1.11. The van der Waals surface area contributed by atoms with Crippen molar-refractivity contribution in [2.24, 2.45) is 0 Å². The molecule has 0 saturated heterocycles. The van der Waals surface area contributed by atoms with Gasteiger partial charge < -0.3 is 9.47 Å². The second-order valence-corrected chi connectivity index (χ2v) is 7.27. The van der Waals surface area contributed by atoms with Gasteiger partial charge in [-0.1, -0.05) is 38.7 Å². The Kier molecular flexibility index (Phi) is 9.98. The number of benzene rings is 1. The van der Waals surface area contributed by atoms with Gasteiger partial charge in [-0.25, -0.2) is 0 Å². The van der Waals surface area contributed by atoms with Crippen molar-refractivity contribution in [2.75, 3.05) is 26.4 Å². The minimum Gasteiger partial charge on any atom is -0.490 e. The molecule has 0 heterocycles. The zero-order valence-corrected chi connectivity index (χ0v) is 15.9. The fraction of sp³-hybridized carbons (Fsp3) is 0.667. The first kappa shape index (κ1) is 20.9. The first-order chi connectivity index (χ1) is 11.5. The van der Waals surface area contributed by atoms with Gasteiger partial charge in [0.05, 0.1) is 13.2 Å². The first-order valence-corrected chi connectivity index (χ1v) is 10.1. The molecule has 0 aliphatic rings. The highest BCUT2D eigenvalue weighted by Crippen LogP contribution is 2.26. The molecule has 0 N–H and O–H groups in total. The lowest BCUT2D eigenvalue weighted by atomic mass is 10.2. The quantitative estimate of drug-likeness (QED) is 0.393. The summed E-state index contributed by atoms with van der Waals surface area (Å²) in [4.78, 5) is 0.0644. The molecule has 5 nitrogen and oxygen atoms in total. The number of hydrogen-bond acceptors (Lipinski definition) is 5. The normalized spacial score (nSPS) is 11.6. The fourth-order valence-electron chi connectivity index (χ4n) is 2.27. The molecule has 1 rings (SSSR count). The molecule has 0 radical (unpaired) electrons. The van der Waals surface area contributed by atoms with Gasteiger partial charge in [0, 0.05) is 6.61 Å². The third-order valence-electron chi connectivity index (χ3n) is 3.52. The van der Waals surface area contributed by atoms with Gasteiger partial charge in [0.1, 0.15) is 17.3 Å². The van der Waals surface area contributed by atoms with Crippen molar-refractivity contribution < 1.29 is 22.1 Å². The zero-order chi connectivity index (χ0) is 17.8. The largest absolute Gasteiger partial charge is 0.490 e. The summed E-state index contributed by atoms with van der Waals surface area (Å²) >= 11 is 0. The minimum atomic E-state index is -3.78. The van der Waals surface area contributed by atoms with Crippen LogP contribution in [0.2, 0.25) is 0 Å². The van der Waals surface area contributed by atoms with E-state index >= 15 is 0 Å². The van der Waals surface area contributed by atoms with Crippen molar-refractivity contribution >= 4 is 10.1 Å². The Morgan fingerprint density at radius 2 is 1.71 bits per heavy atom. The van der Waals surface area contributed by atoms with Crippen molar-refractivity contribution in [3.63, 3.8) is 0 Å². The van der Waals surface area contributed by atoms with Crippen LogP contribution in [0.4, 0.5) is 0 Å². The summed E-state index contributed by atoms with van der Waals surface area (Å²) in [6, 6.07) is 4.95. The molecule has 0 bridgehead atoms. The molecule has 0 fully saturated rings. The third kappa shape index (κ3) is 7.64. The molecule has 0 aliphatic heterocycles. The van der Waals surface area contributed by atoms with Gasteiger partial charge in [-0.15, -0.1) is 0 Å². The summed E-state index contributed by atoms with van der Waals surface area (Å²) in [6.07, 6.45) is 5.99. The molecule has 0 aliphatic carbocycles. The predicted octanol–water partition coefficient (Wildman–Crippen LogP) is 4.09. The summed E-state index contributed by atoms with van der Waals surface area (Å²) in [5.41, 5.74) is 0.928. The molecule has 0 atom stereocenters. The van der Waals surface area contributed by atoms with Crippen LogP contribution in [0.25, 0.3) is 0 Å². The highest BCUT2D eigenvalue weighted by Gasteiger charge is 2.20. The van der Waals surface area contributed by atoms with E-state index in [1.165, 1.54) is 31.7 Å². The Morgan fingerprint density at radius 3 is 2.42 bits per heavy atom. The van der Waals surface area contributed by atoms with Crippen molar-refractivity contribution in [2.45, 2.75) is 57.8 Å². The number of unbranched alkanes of at least 4 members (excludes halogenated alkanes) is 4. The van der Waals surface area contributed by atoms with E-state index < -0.39 is 10.1 Å². The zero-order valence-electron chi connectivity index (χ0n) is 15.0. The number of aryl methyl sites for hydroxylation is 1. The highest BCUT2D eigenvalue weighted by molar-refractivity contribution is 7.86. The van der Waals surface area contributed by atoms with E-state index in [4.69, 9.17) is 13.7 Å². The maximum absolute atomic E-state index is 12.1. The van der Waals surface area contributed by atoms with Crippen molar-refractivity contribution in [3.8, 4) is 5.75 Å². The van der Waals surface area contributed by atoms with E-state index in [-0.39, 0.29) is 11.5 Å². The molecular weight excluding hydrogens is 328 g/mol. The highest BCUT2D eigenvalue weighted by atomic mass is 32.2. The van der Waals surface area contributed by atoms with E-state index in [1.54, 1.807) is 19.1 Å². The summed E-state index contributed by atoms with van der Waals surface area (Å²) < 4.78 is 40.2. The van der Waals surface area contributed by atoms with Crippen LogP contribution in [0.1, 0.15) is 51.5 Å². The summed E-state index contributed by atoms with van der Waals surface area (Å²) in [5.74, 6) is 0.315. The minimum absolute atomic E-state index is 0.0644. The van der Waals surface area contributed by atoms with Crippen LogP contribution in [0.15, 0.2) is 23.1 Å². The van der Waals surface area contributed by atoms with Crippen molar-refractivity contribution in [1.29, 1.82) is 0 Å². The molecule has 0 unspecified atom stereocenters. The molecule has 1 aromatic rings. The van der Waals surface area contributed by atoms with Crippen LogP contribution in [-0.2, 0) is 19.0 Å². The lowest BCUT2D eigenvalue weighted by Gasteiger charge is -2.12. The summed E-state index contributed by atoms with van der Waals surface area (Å²) in [6.45, 7) is 7.28. The average molecular weight is 359 g/mol. The lowest BCUT2D eigenvalue weighted by molar-refractivity contribution is 0.0960. The second kappa shape index (κ2) is 11.4. The number of rotatable bonds is 13. The predicted molar refractivity (Wildman–Crippen MR) is 95.1 cm³/mol. The van der Waals surface area contributed by atoms with Gasteiger partial charge in [-0.05, 0) is 38.0 Å². The van der Waals surface area contributed by atoms with Gasteiger partial charge in [0.15, 0.2) is 0 Å². The monoisotopic (exact) mass is 358 g/mol. The molecule has 138 valence electrons. The molecule has 0 aromatic heterocycles. The summed E-state index contributed by atoms with van der Waals surface area (Å²) in [7, 11) is -3.78. The van der Waals surface area contributed by atoms with Crippen LogP contribution in [-0.4, -0.2) is 34.8 Å². The summed E-state index contributed by atoms with van der Waals surface area (Å²) in [5, 5.41) is 0. The molecule has 24 heavy (non-hydrogen) atoms. The second-order valence-electron chi connectivity index (χ2n) is 5.69. The first-order valence-electron chi connectivity index (χ1n) is 8.72. The van der Waals surface area contributed by atoms with E-state index in [0.29, 0.717) is 25.6 Å². The molecule has 6 heteroatoms. The van der Waals surface area contributed by atoms with Crippen LogP contribution >= 0.6 is 0 Å². The van der Waals surface area contributed by atoms with Gasteiger partial charge in [-0.3, -0.25) is 4.18 Å². The maximum Gasteiger partial charge on any atom is 0.300 e. The van der Waals surface area contributed by atoms with Crippen molar-refractivity contribution in [1.82, 2.24) is 0 Å². The standard InChI is InChI=1S/C18H30O5S/c1-4-6-7-8-9-12-21-13-14-22-17-15-16(3)10-11-18(17)24(19,20)23-5-2/h10-11,15H,4-9,12-14H2,1-3H3. The molecule has 0 spiro atoms. The molecule has 0 amide bonds. The van der Waals surface area contributed by atoms with Crippen LogP contribution in [0, 0.1) is 6.92 Å². The molecular formula is C18H30O5S. The molecule has 0 saturated carbocycles. The maximum atomic E-state index is 12.1. The SMILES string of the molecule is CCCCCCCOCCOc1cc(C)ccc1S(=O)(=O)OCC. The molecule has 1 aromatic carbocycles. The fourth-order valence-corrected chi connectivity index (χ4v) is 3.31. The van der Waals surface area contributed by atoms with Crippen LogP contribution in [0.5, 0.6) is 5.75 Å². The Morgan fingerprint density at radius 1 is 0.958 bits per heavy atom. The van der Waals surface area contributed by atoms with Gasteiger partial charge >= 0.3 is 10.1 Å². The van der Waals surface area contributed by atoms with Crippen LogP contribution in [0.3, 0.4) is 0 Å². The van der Waals surface area contributed by atoms with E-state index in [9.17, 15) is 8.42 Å². The number of hydrogen-bond donors (Lipinski definition) is 0. The van der Waals surface area contributed by atoms with Gasteiger partial charge in [0.25, 0.3) is 0 Å². The van der Waals surface area contributed by atoms with E-state index in [2.05, 4.69) is 6.92 Å². The van der Waals surface area contributed by atoms with Crippen LogP contribution < -0.4 is 4.74 Å². The van der Waals surface area contributed by atoms with Gasteiger partial charge in [0.2, 0.25) is 0 Å². The average Bonchev–Trinajstić information content (AvgIpc) is 2.53. The van der Waals surface area contributed by atoms with E-state index in [0.717, 1.165) is 12.0 Å². The van der Waals surface area contributed by atoms with Crippen molar-refractivity contribution in [3.05, 3.63) is 23.8 Å². The topological polar surface area (TPSA) is 61.8 Å².